The van der Waals surface area contributed by atoms with Crippen LogP contribution in [0.2, 0.25) is 0 Å². The van der Waals surface area contributed by atoms with Crippen LogP contribution < -0.4 is 18.9 Å². The van der Waals surface area contributed by atoms with E-state index in [4.69, 9.17) is 43.8 Å². The lowest BCUT2D eigenvalue weighted by molar-refractivity contribution is -0.132. The molecule has 8 aromatic carbocycles. The Kier molecular flexibility index (Phi) is 34.3. The van der Waals surface area contributed by atoms with Gasteiger partial charge < -0.3 is 64.2 Å². The monoisotopic (exact) mass is 1780 g/mol. The van der Waals surface area contributed by atoms with Crippen molar-refractivity contribution in [2.45, 2.75) is 55.4 Å². The number of ether oxygens (including phenoxy) is 4. The highest BCUT2D eigenvalue weighted by atomic mass is 32.1. The van der Waals surface area contributed by atoms with Crippen LogP contribution in [0.4, 0.5) is 0 Å². The lowest BCUT2D eigenvalue weighted by Crippen LogP contribution is -2.01. The number of thiazole rings is 2. The van der Waals surface area contributed by atoms with Gasteiger partial charge >= 0.3 is 23.9 Å². The minimum Gasteiger partial charge on any atom is -0.508 e. The summed E-state index contributed by atoms with van der Waals surface area (Å²) in [5.74, 6) is -1.05. The van der Waals surface area contributed by atoms with E-state index in [1.165, 1.54) is 129 Å². The van der Waals surface area contributed by atoms with Gasteiger partial charge in [-0.1, -0.05) is 104 Å². The number of furan rings is 1. The minimum atomic E-state index is -1.03. The van der Waals surface area contributed by atoms with Crippen LogP contribution in [0.5, 0.6) is 69.0 Å². The van der Waals surface area contributed by atoms with E-state index in [2.05, 4.69) is 20.2 Å². The summed E-state index contributed by atoms with van der Waals surface area (Å²) < 4.78 is 32.1. The van der Waals surface area contributed by atoms with E-state index in [0.29, 0.717) is 134 Å². The van der Waals surface area contributed by atoms with Crippen LogP contribution in [-0.2, 0) is 19.2 Å². The predicted molar refractivity (Wildman–Crippen MR) is 487 cm³/mol. The van der Waals surface area contributed by atoms with Gasteiger partial charge in [0.15, 0.2) is 28.0 Å². The highest BCUT2D eigenvalue weighted by molar-refractivity contribution is 7.23. The molecule has 0 saturated heterocycles. The third-order valence-corrected chi connectivity index (χ3v) is 22.3. The molecule has 31 heteroatoms. The van der Waals surface area contributed by atoms with Gasteiger partial charge in [-0.2, -0.15) is 5.10 Å². The Hall–Kier alpha value is -14.7. The molecule has 0 atom stereocenters. The van der Waals surface area contributed by atoms with Crippen LogP contribution in [0.3, 0.4) is 0 Å². The molecule has 0 aliphatic rings. The Labute approximate surface area is 732 Å². The molecule has 0 fully saturated rings. The van der Waals surface area contributed by atoms with Gasteiger partial charge in [0.1, 0.15) is 77.5 Å². The number of aromatic hydroxyl groups is 4. The lowest BCUT2D eigenvalue weighted by Gasteiger charge is -2.07. The number of carbonyl (C=O) groups excluding carboxylic acids is 4. The third kappa shape index (κ3) is 24.7. The molecular formula is C93H78N4O21S6. The number of nitrogens with zero attached hydrogens (tertiary/aromatic N) is 3. The third-order valence-electron chi connectivity index (χ3n) is 16.2. The van der Waals surface area contributed by atoms with Gasteiger partial charge in [0.05, 0.1) is 22.2 Å². The highest BCUT2D eigenvalue weighted by Crippen LogP contribution is 2.48. The number of aliphatic carboxylic acids is 4. The van der Waals surface area contributed by atoms with E-state index in [-0.39, 0.29) is 46.1 Å². The number of hydrogen-bond acceptors (Lipinski definition) is 26. The number of aromatic amines is 1. The molecule has 124 heavy (non-hydrogen) atoms. The fourth-order valence-corrected chi connectivity index (χ4v) is 16.6. The summed E-state index contributed by atoms with van der Waals surface area (Å²) in [5.41, 5.74) is 5.15. The molecule has 0 aliphatic carbocycles. The van der Waals surface area contributed by atoms with Gasteiger partial charge in [-0.15, -0.1) is 68.0 Å². The summed E-state index contributed by atoms with van der Waals surface area (Å²) in [5, 5.41) is 85.4. The van der Waals surface area contributed by atoms with Gasteiger partial charge in [-0.25, -0.2) is 24.2 Å². The maximum Gasteiger partial charge on any atom is 0.328 e. The summed E-state index contributed by atoms with van der Waals surface area (Å²) in [7, 11) is 0. The van der Waals surface area contributed by atoms with Gasteiger partial charge in [0.2, 0.25) is 23.1 Å². The number of aromatic nitrogens is 4. The van der Waals surface area contributed by atoms with E-state index < -0.39 is 23.9 Å². The number of phenolic OH excluding ortho intramolecular Hbond substituents is 4. The van der Waals surface area contributed by atoms with Crippen LogP contribution in [-0.4, -0.2) is 108 Å². The summed E-state index contributed by atoms with van der Waals surface area (Å²) in [6.07, 6.45) is 17.5. The van der Waals surface area contributed by atoms with Crippen molar-refractivity contribution in [3.63, 3.8) is 0 Å². The van der Waals surface area contributed by atoms with Crippen LogP contribution in [0.1, 0.15) is 137 Å². The van der Waals surface area contributed by atoms with E-state index in [0.717, 1.165) is 39.1 Å². The standard InChI is InChI=1S/C22H14O6S.C21H14N2O5S.2C21H13NO5S2.4C2H6/c23-15-4-7-17-18(11-15)29-22(20(26)14-9-10-27-12-14)21(17)28-16-5-1-13(2-6-16)3-8-19(24)25;24-13-4-7-15-17(11-13)29-21(19(27)16-9-10-22-23-16)20(15)28-14-5-1-12(2-6-14)3-8-18(25)26;23-13-4-7-15-16(9-13)29-21(19(26)17-10-22-11-28-17)20(15)27-14-5-1-12(2-6-14)3-8-18(24)25;23-13-4-7-15-16(11-13)29-20(18(26)21-22-9-10-28-21)19(15)27-14-5-1-12(2-6-14)3-8-17(24)25;4*1-2/h1-12,23H,(H,24,25);1-11,24H,(H,22,23)(H,25,26);2*1-11,23H,(H,24,25);4*1-2H3/b4*8-3+;;;;. The molecule has 16 aromatic rings. The second kappa shape index (κ2) is 45.6. The van der Waals surface area contributed by atoms with E-state index in [9.17, 15) is 58.8 Å². The fraction of sp³-hybridized carbons (Fsp3) is 0.0860. The Balaban J connectivity index is 0.000000182. The number of ketones is 4. The van der Waals surface area contributed by atoms with Gasteiger partial charge in [-0.05, 0) is 180 Å². The number of thiophene rings is 4. The zero-order chi connectivity index (χ0) is 89.5. The smallest absolute Gasteiger partial charge is 0.328 e. The summed E-state index contributed by atoms with van der Waals surface area (Å²) in [6.45, 7) is 16.0. The Morgan fingerprint density at radius 3 is 0.992 bits per heavy atom. The first kappa shape index (κ1) is 93.1. The SMILES string of the molecule is CC.CC.CC.CC.O=C(O)/C=C/c1ccc(Oc2c(C(=O)c3ccn[nH]3)sc3cc(O)ccc23)cc1.O=C(O)/C=C/c1ccc(Oc2c(C(=O)c3ccoc3)sc3cc(O)ccc23)cc1.O=C(O)/C=C/c1ccc(Oc2c(C(=O)c3cncs3)sc3cc(O)ccc23)cc1.O=C(O)/C=C/c1ccc(Oc2c(C(=O)c3nccs3)sc3cc(O)ccc23)cc1. The van der Waals surface area contributed by atoms with E-state index in [1.807, 2.05) is 55.4 Å². The number of rotatable bonds is 24. The first-order valence-electron chi connectivity index (χ1n) is 37.8. The Bertz CT molecular complexity index is 5680. The number of phenols is 4. The quantitative estimate of drug-likeness (QED) is 0.0200. The molecule has 0 aliphatic heterocycles. The zero-order valence-corrected chi connectivity index (χ0v) is 72.1. The Morgan fingerprint density at radius 1 is 0.379 bits per heavy atom. The van der Waals surface area contributed by atoms with Gasteiger partial charge in [0.25, 0.3) is 0 Å². The second-order valence-electron chi connectivity index (χ2n) is 24.1. The van der Waals surface area contributed by atoms with Crippen molar-refractivity contribution in [2.24, 2.45) is 0 Å². The fourth-order valence-electron chi connectivity index (χ4n) is 10.9. The number of fused-ring (bicyclic) bond motifs is 4. The van der Waals surface area contributed by atoms with E-state index in [1.54, 1.807) is 187 Å². The van der Waals surface area contributed by atoms with Crippen molar-refractivity contribution in [2.75, 3.05) is 0 Å². The number of carboxylic acids is 4. The van der Waals surface area contributed by atoms with Crippen LogP contribution in [0.25, 0.3) is 64.6 Å². The molecular weight excluding hydrogens is 1700 g/mol. The molecule has 0 spiro atoms. The molecule has 0 bridgehead atoms. The molecule has 0 unspecified atom stereocenters. The maximum atomic E-state index is 12.9. The predicted octanol–water partition coefficient (Wildman–Crippen LogP) is 24.2. The van der Waals surface area contributed by atoms with Crippen LogP contribution in [0, 0.1) is 0 Å². The highest BCUT2D eigenvalue weighted by Gasteiger charge is 2.28. The van der Waals surface area contributed by atoms with Crippen molar-refractivity contribution < 1.29 is 103 Å². The molecule has 16 rings (SSSR count). The maximum absolute atomic E-state index is 12.9. The number of H-pyrrole nitrogens is 1. The van der Waals surface area contributed by atoms with Gasteiger partial charge in [0, 0.05) is 88.6 Å². The van der Waals surface area contributed by atoms with Crippen molar-refractivity contribution in [1.82, 2.24) is 20.2 Å². The molecule has 632 valence electrons. The number of nitrogens with one attached hydrogen (secondary N) is 1. The zero-order valence-electron chi connectivity index (χ0n) is 67.2. The average Bonchev–Trinajstić information content (AvgIpc) is 1.65. The molecule has 9 N–H and O–H groups in total. The number of hydrogen-bond donors (Lipinski definition) is 9. The average molecular weight is 1780 g/mol. The van der Waals surface area contributed by atoms with Crippen molar-refractivity contribution in [3.8, 4) is 69.0 Å². The minimum absolute atomic E-state index is 0.0976. The van der Waals surface area contributed by atoms with Crippen LogP contribution in [0.15, 0.2) is 253 Å². The topological polar surface area (TPSA) is 403 Å². The molecule has 0 saturated carbocycles. The number of benzene rings is 8. The van der Waals surface area contributed by atoms with Crippen molar-refractivity contribution >= 4 is 180 Å². The molecule has 0 amide bonds. The van der Waals surface area contributed by atoms with Gasteiger partial charge in [-0.3, -0.25) is 29.3 Å². The van der Waals surface area contributed by atoms with Crippen molar-refractivity contribution in [1.29, 1.82) is 0 Å². The lowest BCUT2D eigenvalue weighted by atomic mass is 10.1. The Morgan fingerprint density at radius 2 is 0.710 bits per heavy atom. The summed E-state index contributed by atoms with van der Waals surface area (Å²) in [4.78, 5) is 104. The summed E-state index contributed by atoms with van der Waals surface area (Å²) >= 11 is 7.42. The molecule has 8 aromatic heterocycles. The second-order valence-corrected chi connectivity index (χ2v) is 30.1. The first-order valence-corrected chi connectivity index (χ1v) is 42.8. The van der Waals surface area contributed by atoms with Crippen molar-refractivity contribution in [3.05, 3.63) is 311 Å². The first-order chi connectivity index (χ1) is 60.0. The van der Waals surface area contributed by atoms with E-state index >= 15 is 0 Å². The normalized spacial score (nSPS) is 10.6. The largest absolute Gasteiger partial charge is 0.508 e. The van der Waals surface area contributed by atoms with Crippen LogP contribution >= 0.6 is 68.0 Å². The molecule has 8 heterocycles. The molecule has 25 nitrogen and oxygen atoms in total. The summed E-state index contributed by atoms with van der Waals surface area (Å²) in [6, 6.07) is 49.8. The molecule has 0 radical (unpaired) electrons. The number of carbonyl (C=O) groups is 8. The number of carboxylic acid groups (broad SMARTS) is 4.